The average Bonchev–Trinajstić information content (AvgIpc) is 2.24. The van der Waals surface area contributed by atoms with E-state index in [0.717, 1.165) is 0 Å². The summed E-state index contributed by atoms with van der Waals surface area (Å²) in [4.78, 5) is 21.8. The third kappa shape index (κ3) is 1.56. The molecule has 2 heterocycles. The number of hydrogen-bond donors (Lipinski definition) is 2. The van der Waals surface area contributed by atoms with Crippen LogP contribution in [0.1, 0.15) is 13.8 Å². The van der Waals surface area contributed by atoms with Crippen LogP contribution in [0.5, 0.6) is 0 Å². The van der Waals surface area contributed by atoms with Gasteiger partial charge in [-0.15, -0.1) is 0 Å². The van der Waals surface area contributed by atoms with Crippen molar-refractivity contribution >= 4 is 17.5 Å². The minimum absolute atomic E-state index is 0.0243. The first kappa shape index (κ1) is 10.7. The van der Waals surface area contributed by atoms with Crippen LogP contribution in [-0.4, -0.2) is 34.5 Å². The number of anilines is 2. The lowest BCUT2D eigenvalue weighted by Gasteiger charge is -2.42. The third-order valence-electron chi connectivity index (χ3n) is 2.81. The van der Waals surface area contributed by atoms with Gasteiger partial charge in [-0.05, 0) is 13.8 Å². The van der Waals surface area contributed by atoms with E-state index in [9.17, 15) is 4.79 Å². The maximum absolute atomic E-state index is 11.8. The number of nitrogens with zero attached hydrogens (tertiary/aromatic N) is 3. The van der Waals surface area contributed by atoms with Crippen molar-refractivity contribution in [2.45, 2.75) is 19.4 Å². The van der Waals surface area contributed by atoms with Gasteiger partial charge in [-0.3, -0.25) is 4.79 Å². The first-order valence-electron chi connectivity index (χ1n) is 5.16. The fourth-order valence-electron chi connectivity index (χ4n) is 1.82. The van der Waals surface area contributed by atoms with Gasteiger partial charge in [0.25, 0.3) is 0 Å². The summed E-state index contributed by atoms with van der Waals surface area (Å²) in [6.07, 6.45) is 3.12. The van der Waals surface area contributed by atoms with Gasteiger partial charge in [-0.2, -0.15) is 0 Å². The zero-order valence-corrected chi connectivity index (χ0v) is 9.40. The molecule has 0 aliphatic carbocycles. The highest BCUT2D eigenvalue weighted by Crippen LogP contribution is 2.27. The number of rotatable bonds is 1. The second kappa shape index (κ2) is 3.62. The van der Waals surface area contributed by atoms with Crippen LogP contribution >= 0.6 is 0 Å². The van der Waals surface area contributed by atoms with Crippen molar-refractivity contribution < 1.29 is 4.79 Å². The van der Waals surface area contributed by atoms with Gasteiger partial charge in [0.1, 0.15) is 5.54 Å². The maximum Gasteiger partial charge on any atom is 0.245 e. The Labute approximate surface area is 93.9 Å². The molecule has 16 heavy (non-hydrogen) atoms. The molecular formula is C10H15N5O. The fourth-order valence-corrected chi connectivity index (χ4v) is 1.82. The summed E-state index contributed by atoms with van der Waals surface area (Å²) < 4.78 is 0. The van der Waals surface area contributed by atoms with Crippen molar-refractivity contribution in [3.8, 4) is 0 Å². The van der Waals surface area contributed by atoms with Gasteiger partial charge in [-0.1, -0.05) is 0 Å². The average molecular weight is 221 g/mol. The summed E-state index contributed by atoms with van der Waals surface area (Å²) in [5, 5.41) is 2.82. The van der Waals surface area contributed by atoms with Gasteiger partial charge in [0.2, 0.25) is 5.91 Å². The van der Waals surface area contributed by atoms with Crippen molar-refractivity contribution in [3.05, 3.63) is 12.4 Å². The van der Waals surface area contributed by atoms with Crippen molar-refractivity contribution in [2.24, 2.45) is 0 Å². The molecule has 0 radical (unpaired) electrons. The van der Waals surface area contributed by atoms with E-state index in [2.05, 4.69) is 15.3 Å². The van der Waals surface area contributed by atoms with Crippen LogP contribution in [0.25, 0.3) is 0 Å². The Morgan fingerprint density at radius 1 is 1.44 bits per heavy atom. The van der Waals surface area contributed by atoms with Crippen LogP contribution in [0.3, 0.4) is 0 Å². The van der Waals surface area contributed by atoms with Crippen molar-refractivity contribution in [1.29, 1.82) is 0 Å². The molecule has 1 aliphatic rings. The highest BCUT2D eigenvalue weighted by molar-refractivity contribution is 5.90. The van der Waals surface area contributed by atoms with E-state index in [4.69, 9.17) is 5.73 Å². The van der Waals surface area contributed by atoms with Gasteiger partial charge in [0.15, 0.2) is 11.6 Å². The molecule has 86 valence electrons. The molecule has 1 aromatic heterocycles. The Morgan fingerprint density at radius 3 is 2.81 bits per heavy atom. The molecule has 0 unspecified atom stereocenters. The van der Waals surface area contributed by atoms with Crippen molar-refractivity contribution in [1.82, 2.24) is 15.3 Å². The van der Waals surface area contributed by atoms with E-state index in [1.165, 1.54) is 6.20 Å². The molecular weight excluding hydrogens is 206 g/mol. The second-order valence-electron chi connectivity index (χ2n) is 4.23. The van der Waals surface area contributed by atoms with E-state index < -0.39 is 5.54 Å². The molecule has 1 aliphatic heterocycles. The quantitative estimate of drug-likeness (QED) is 0.684. The van der Waals surface area contributed by atoms with Gasteiger partial charge in [0, 0.05) is 25.5 Å². The molecule has 1 amide bonds. The van der Waals surface area contributed by atoms with Crippen molar-refractivity contribution in [2.75, 3.05) is 23.7 Å². The second-order valence-corrected chi connectivity index (χ2v) is 4.23. The van der Waals surface area contributed by atoms with Gasteiger partial charge in [-0.25, -0.2) is 9.97 Å². The molecule has 0 aromatic carbocycles. The number of nitrogen functional groups attached to an aromatic ring is 1. The number of carbonyl (C=O) groups is 1. The van der Waals surface area contributed by atoms with E-state index in [1.54, 1.807) is 6.20 Å². The largest absolute Gasteiger partial charge is 0.381 e. The van der Waals surface area contributed by atoms with E-state index >= 15 is 0 Å². The molecule has 3 N–H and O–H groups in total. The normalized spacial score (nSPS) is 19.4. The lowest BCUT2D eigenvalue weighted by molar-refractivity contribution is -0.126. The van der Waals surface area contributed by atoms with Crippen LogP contribution in [0.4, 0.5) is 11.6 Å². The van der Waals surface area contributed by atoms with Crippen LogP contribution in [0.15, 0.2) is 12.4 Å². The topological polar surface area (TPSA) is 84.1 Å². The molecule has 1 saturated heterocycles. The van der Waals surface area contributed by atoms with E-state index in [1.807, 2.05) is 18.7 Å². The SMILES string of the molecule is CC1(C)C(=O)NCCN1c1nccnc1N. The Kier molecular flexibility index (Phi) is 2.41. The minimum atomic E-state index is -0.650. The first-order chi connectivity index (χ1) is 7.53. The molecule has 2 rings (SSSR count). The van der Waals surface area contributed by atoms with Crippen LogP contribution in [0.2, 0.25) is 0 Å². The number of hydrogen-bond acceptors (Lipinski definition) is 5. The zero-order valence-electron chi connectivity index (χ0n) is 9.40. The molecule has 0 atom stereocenters. The van der Waals surface area contributed by atoms with Gasteiger partial charge < -0.3 is 16.0 Å². The number of aromatic nitrogens is 2. The summed E-state index contributed by atoms with van der Waals surface area (Å²) in [6.45, 7) is 4.96. The van der Waals surface area contributed by atoms with Crippen LogP contribution in [-0.2, 0) is 4.79 Å². The van der Waals surface area contributed by atoms with Gasteiger partial charge in [0.05, 0.1) is 0 Å². The molecule has 6 nitrogen and oxygen atoms in total. The fraction of sp³-hybridized carbons (Fsp3) is 0.500. The first-order valence-corrected chi connectivity index (χ1v) is 5.16. The maximum atomic E-state index is 11.8. The third-order valence-corrected chi connectivity index (χ3v) is 2.81. The highest BCUT2D eigenvalue weighted by atomic mass is 16.2. The Hall–Kier alpha value is -1.85. The minimum Gasteiger partial charge on any atom is -0.381 e. The van der Waals surface area contributed by atoms with Crippen LogP contribution < -0.4 is 16.0 Å². The zero-order chi connectivity index (χ0) is 11.8. The summed E-state index contributed by atoms with van der Waals surface area (Å²) in [6, 6.07) is 0. The molecule has 1 aromatic rings. The van der Waals surface area contributed by atoms with Gasteiger partial charge >= 0.3 is 0 Å². The van der Waals surface area contributed by atoms with E-state index in [0.29, 0.717) is 24.7 Å². The summed E-state index contributed by atoms with van der Waals surface area (Å²) in [5.74, 6) is 0.899. The number of amides is 1. The Balaban J connectivity index is 2.40. The molecule has 1 fully saturated rings. The number of piperazine rings is 1. The highest BCUT2D eigenvalue weighted by Gasteiger charge is 2.39. The standard InChI is InChI=1S/C10H15N5O/c1-10(2)9(16)14-5-6-15(10)8-7(11)12-3-4-13-8/h3-4H,5-6H2,1-2H3,(H2,11,12)(H,14,16). The predicted molar refractivity (Wildman–Crippen MR) is 60.9 cm³/mol. The smallest absolute Gasteiger partial charge is 0.245 e. The number of carbonyl (C=O) groups excluding carboxylic acids is 1. The molecule has 0 saturated carbocycles. The number of nitrogens with two attached hydrogens (primary N) is 1. The summed E-state index contributed by atoms with van der Waals surface area (Å²) in [7, 11) is 0. The Morgan fingerprint density at radius 2 is 2.12 bits per heavy atom. The van der Waals surface area contributed by atoms with E-state index in [-0.39, 0.29) is 5.91 Å². The van der Waals surface area contributed by atoms with Crippen molar-refractivity contribution in [3.63, 3.8) is 0 Å². The Bertz CT molecular complexity index is 417. The predicted octanol–water partition coefficient (Wildman–Crippen LogP) is -0.226. The molecule has 6 heteroatoms. The lowest BCUT2D eigenvalue weighted by atomic mass is 9.99. The summed E-state index contributed by atoms with van der Waals surface area (Å²) >= 11 is 0. The monoisotopic (exact) mass is 221 g/mol. The summed E-state index contributed by atoms with van der Waals surface area (Å²) in [5.41, 5.74) is 5.12. The number of nitrogens with one attached hydrogen (secondary N) is 1. The van der Waals surface area contributed by atoms with Crippen LogP contribution in [0, 0.1) is 0 Å². The molecule has 0 spiro atoms. The lowest BCUT2D eigenvalue weighted by Crippen LogP contribution is -2.62. The molecule has 0 bridgehead atoms.